The van der Waals surface area contributed by atoms with Crippen LogP contribution in [0.2, 0.25) is 0 Å². The van der Waals surface area contributed by atoms with E-state index in [9.17, 15) is 9.18 Å². The van der Waals surface area contributed by atoms with Crippen LogP contribution in [0.25, 0.3) is 6.08 Å². The zero-order valence-electron chi connectivity index (χ0n) is 12.0. The molecule has 1 unspecified atom stereocenters. The van der Waals surface area contributed by atoms with Crippen molar-refractivity contribution in [2.75, 3.05) is 19.1 Å². The summed E-state index contributed by atoms with van der Waals surface area (Å²) in [6.07, 6.45) is 4.30. The van der Waals surface area contributed by atoms with Gasteiger partial charge in [-0.2, -0.15) is 11.8 Å². The molecule has 0 radical (unpaired) electrons. The maximum absolute atomic E-state index is 13.6. The van der Waals surface area contributed by atoms with Gasteiger partial charge in [-0.15, -0.1) is 0 Å². The van der Waals surface area contributed by atoms with Gasteiger partial charge in [-0.1, -0.05) is 6.07 Å². The molecular weight excluding hydrogens is 277 g/mol. The molecule has 110 valence electrons. The minimum Gasteiger partial charge on any atom is -0.478 e. The lowest BCUT2D eigenvalue weighted by molar-refractivity contribution is -0.131. The summed E-state index contributed by atoms with van der Waals surface area (Å²) in [6, 6.07) is 5.23. The molecular formula is C15H20FNO2S. The van der Waals surface area contributed by atoms with Crippen molar-refractivity contribution in [1.29, 1.82) is 0 Å². The quantitative estimate of drug-likeness (QED) is 0.785. The number of rotatable bonds is 7. The van der Waals surface area contributed by atoms with Crippen molar-refractivity contribution in [1.82, 2.24) is 4.90 Å². The van der Waals surface area contributed by atoms with Crippen molar-refractivity contribution in [2.45, 2.75) is 19.5 Å². The lowest BCUT2D eigenvalue weighted by Crippen LogP contribution is -2.30. The second-order valence-corrected chi connectivity index (χ2v) is 5.66. The highest BCUT2D eigenvalue weighted by Gasteiger charge is 2.10. The maximum Gasteiger partial charge on any atom is 0.328 e. The summed E-state index contributed by atoms with van der Waals surface area (Å²) in [7, 11) is 2.02. The number of carbonyl (C=O) groups is 1. The molecule has 0 aliphatic carbocycles. The number of carboxylic acids is 1. The van der Waals surface area contributed by atoms with Crippen molar-refractivity contribution >= 4 is 23.8 Å². The van der Waals surface area contributed by atoms with E-state index in [2.05, 4.69) is 18.1 Å². The zero-order chi connectivity index (χ0) is 15.1. The summed E-state index contributed by atoms with van der Waals surface area (Å²) in [6.45, 7) is 2.85. The Kier molecular flexibility index (Phi) is 6.75. The van der Waals surface area contributed by atoms with Crippen LogP contribution < -0.4 is 0 Å². The standard InChI is InChI=1S/C15H20FNO2S/c1-11(10-20-3)17(2)9-12-4-6-14(16)13(8-12)5-7-15(18)19/h4-8,11H,9-10H2,1-3H3,(H,18,19)/b7-5+. The number of hydrogen-bond acceptors (Lipinski definition) is 3. The Balaban J connectivity index is 2.82. The fourth-order valence-electron chi connectivity index (χ4n) is 1.79. The van der Waals surface area contributed by atoms with Crippen LogP contribution in [0.15, 0.2) is 24.3 Å². The summed E-state index contributed by atoms with van der Waals surface area (Å²) in [5, 5.41) is 8.59. The molecule has 1 rings (SSSR count). The third kappa shape index (κ3) is 5.35. The molecule has 3 nitrogen and oxygen atoms in total. The van der Waals surface area contributed by atoms with E-state index < -0.39 is 11.8 Å². The molecule has 0 amide bonds. The summed E-state index contributed by atoms with van der Waals surface area (Å²) in [5.41, 5.74) is 1.27. The highest BCUT2D eigenvalue weighted by Crippen LogP contribution is 2.15. The Labute approximate surface area is 123 Å². The highest BCUT2D eigenvalue weighted by molar-refractivity contribution is 7.98. The van der Waals surface area contributed by atoms with E-state index in [4.69, 9.17) is 5.11 Å². The van der Waals surface area contributed by atoms with E-state index >= 15 is 0 Å². The first-order valence-corrected chi connectivity index (χ1v) is 7.72. The zero-order valence-corrected chi connectivity index (χ0v) is 12.8. The summed E-state index contributed by atoms with van der Waals surface area (Å²) >= 11 is 1.79. The summed E-state index contributed by atoms with van der Waals surface area (Å²) in [5.74, 6) is -0.463. The van der Waals surface area contributed by atoms with Crippen molar-refractivity contribution in [3.05, 3.63) is 41.2 Å². The van der Waals surface area contributed by atoms with Gasteiger partial charge in [-0.25, -0.2) is 9.18 Å². The van der Waals surface area contributed by atoms with Gasteiger partial charge in [0.15, 0.2) is 0 Å². The first-order chi connectivity index (χ1) is 9.43. The van der Waals surface area contributed by atoms with Crippen LogP contribution in [0.1, 0.15) is 18.1 Å². The second-order valence-electron chi connectivity index (χ2n) is 4.75. The molecule has 0 aliphatic rings. The van der Waals surface area contributed by atoms with Crippen LogP contribution in [-0.2, 0) is 11.3 Å². The van der Waals surface area contributed by atoms with Crippen LogP contribution in [0, 0.1) is 5.82 Å². The second kappa shape index (κ2) is 8.07. The Bertz CT molecular complexity index is 491. The first kappa shape index (κ1) is 16.7. The van der Waals surface area contributed by atoms with Crippen molar-refractivity contribution in [3.8, 4) is 0 Å². The molecule has 20 heavy (non-hydrogen) atoms. The first-order valence-electron chi connectivity index (χ1n) is 6.32. The monoisotopic (exact) mass is 297 g/mol. The summed E-state index contributed by atoms with van der Waals surface area (Å²) in [4.78, 5) is 12.7. The van der Waals surface area contributed by atoms with Crippen LogP contribution in [-0.4, -0.2) is 41.1 Å². The average Bonchev–Trinajstić information content (AvgIpc) is 2.39. The fraction of sp³-hybridized carbons (Fsp3) is 0.400. The molecule has 0 aliphatic heterocycles. The number of benzene rings is 1. The topological polar surface area (TPSA) is 40.5 Å². The Morgan fingerprint density at radius 3 is 2.85 bits per heavy atom. The Hall–Kier alpha value is -1.33. The molecule has 0 aromatic heterocycles. The number of halogens is 1. The van der Waals surface area contributed by atoms with Crippen LogP contribution in [0.4, 0.5) is 4.39 Å². The maximum atomic E-state index is 13.6. The molecule has 5 heteroatoms. The molecule has 0 saturated carbocycles. The summed E-state index contributed by atoms with van der Waals surface area (Å²) < 4.78 is 13.6. The van der Waals surface area contributed by atoms with E-state index in [-0.39, 0.29) is 0 Å². The molecule has 0 heterocycles. The molecule has 1 N–H and O–H groups in total. The Morgan fingerprint density at radius 2 is 2.25 bits per heavy atom. The van der Waals surface area contributed by atoms with Crippen LogP contribution in [0.3, 0.4) is 0 Å². The fourth-order valence-corrected chi connectivity index (χ4v) is 2.53. The molecule has 0 bridgehead atoms. The van der Waals surface area contributed by atoms with Gasteiger partial charge >= 0.3 is 5.97 Å². The van der Waals surface area contributed by atoms with Gasteiger partial charge in [0, 0.05) is 30.0 Å². The van der Waals surface area contributed by atoms with Crippen molar-refractivity contribution in [3.63, 3.8) is 0 Å². The van der Waals surface area contributed by atoms with E-state index in [0.29, 0.717) is 18.2 Å². The number of carboxylic acid groups (broad SMARTS) is 1. The predicted octanol–water partition coefficient (Wildman–Crippen LogP) is 3.11. The minimum atomic E-state index is -1.08. The van der Waals surface area contributed by atoms with Crippen LogP contribution >= 0.6 is 11.8 Å². The van der Waals surface area contributed by atoms with Gasteiger partial charge in [-0.3, -0.25) is 4.90 Å². The van der Waals surface area contributed by atoms with E-state index in [0.717, 1.165) is 17.4 Å². The largest absolute Gasteiger partial charge is 0.478 e. The van der Waals surface area contributed by atoms with E-state index in [1.807, 2.05) is 7.05 Å². The highest BCUT2D eigenvalue weighted by atomic mass is 32.2. The molecule has 1 aromatic rings. The van der Waals surface area contributed by atoms with E-state index in [1.54, 1.807) is 23.9 Å². The number of thioether (sulfide) groups is 1. The van der Waals surface area contributed by atoms with Gasteiger partial charge in [-0.05, 0) is 44.0 Å². The van der Waals surface area contributed by atoms with Gasteiger partial charge in [0.2, 0.25) is 0 Å². The SMILES string of the molecule is CSCC(C)N(C)Cc1ccc(F)c(/C=C/C(=O)O)c1. The molecule has 1 atom stereocenters. The normalized spacial score (nSPS) is 13.1. The third-order valence-electron chi connectivity index (χ3n) is 3.06. The van der Waals surface area contributed by atoms with Gasteiger partial charge in [0.25, 0.3) is 0 Å². The number of hydrogen-bond donors (Lipinski definition) is 1. The van der Waals surface area contributed by atoms with Crippen molar-refractivity contribution in [2.24, 2.45) is 0 Å². The van der Waals surface area contributed by atoms with Crippen LogP contribution in [0.5, 0.6) is 0 Å². The molecule has 0 saturated heterocycles. The molecule has 0 spiro atoms. The smallest absolute Gasteiger partial charge is 0.328 e. The Morgan fingerprint density at radius 1 is 1.55 bits per heavy atom. The predicted molar refractivity (Wildman–Crippen MR) is 82.4 cm³/mol. The van der Waals surface area contributed by atoms with E-state index in [1.165, 1.54) is 12.1 Å². The molecule has 1 aromatic carbocycles. The average molecular weight is 297 g/mol. The van der Waals surface area contributed by atoms with Crippen molar-refractivity contribution < 1.29 is 14.3 Å². The lowest BCUT2D eigenvalue weighted by Gasteiger charge is -2.24. The molecule has 0 fully saturated rings. The third-order valence-corrected chi connectivity index (χ3v) is 3.87. The van der Waals surface area contributed by atoms with Gasteiger partial charge < -0.3 is 5.11 Å². The van der Waals surface area contributed by atoms with Gasteiger partial charge in [0.05, 0.1) is 0 Å². The number of aliphatic carboxylic acids is 1. The minimum absolute atomic E-state index is 0.302. The lowest BCUT2D eigenvalue weighted by atomic mass is 10.1. The number of nitrogens with zero attached hydrogens (tertiary/aromatic N) is 1. The van der Waals surface area contributed by atoms with Gasteiger partial charge in [0.1, 0.15) is 5.82 Å².